The summed E-state index contributed by atoms with van der Waals surface area (Å²) in [5, 5.41) is 8.39. The summed E-state index contributed by atoms with van der Waals surface area (Å²) >= 11 is 0. The van der Waals surface area contributed by atoms with Gasteiger partial charge < -0.3 is 24.0 Å². The molecule has 310 valence electrons. The van der Waals surface area contributed by atoms with Crippen molar-refractivity contribution in [3.05, 3.63) is 144 Å². The van der Waals surface area contributed by atoms with Crippen molar-refractivity contribution in [2.75, 3.05) is 49.2 Å². The first-order valence-corrected chi connectivity index (χ1v) is 20.5. The van der Waals surface area contributed by atoms with E-state index in [-0.39, 0.29) is 41.9 Å². The standard InChI is InChI=1S/C35H38F2N8O4.C6H6O3S/c1-3-25(2)45-34(46)44(24-40-45)29-7-5-27(6-8-29)41-14-16-42(17-15-41)28-9-11-30(12-10-28)47-19-31-20-48-35(49-31,21-43-23-38-22-39-43)32-13-4-26(36)18-33(32)37;7-10(8,9)6-4-2-1-3-5-6/h4-13,18,22-25,31H,3,14-17,19-21H2,1-2H3;1-5H,(H,7,8,9)/t25-,31-,35-;/m0./s1. The van der Waals surface area contributed by atoms with Crippen molar-refractivity contribution in [2.45, 2.75) is 49.6 Å². The van der Waals surface area contributed by atoms with Crippen molar-refractivity contribution in [1.29, 1.82) is 0 Å². The van der Waals surface area contributed by atoms with E-state index in [0.29, 0.717) is 5.75 Å². The van der Waals surface area contributed by atoms with Crippen molar-refractivity contribution in [3.8, 4) is 11.4 Å². The minimum atomic E-state index is -4.00. The smallest absolute Gasteiger partial charge is 0.350 e. The maximum Gasteiger partial charge on any atom is 0.350 e. The lowest BCUT2D eigenvalue weighted by molar-refractivity contribution is -0.192. The first kappa shape index (κ1) is 41.2. The predicted molar refractivity (Wildman–Crippen MR) is 214 cm³/mol. The van der Waals surface area contributed by atoms with Crippen molar-refractivity contribution in [2.24, 2.45) is 0 Å². The molecule has 4 aromatic carbocycles. The van der Waals surface area contributed by atoms with E-state index in [1.807, 2.05) is 50.2 Å². The third kappa shape index (κ3) is 9.68. The minimum absolute atomic E-state index is 0.0334. The third-order valence-electron chi connectivity index (χ3n) is 10.2. The Morgan fingerprint density at radius 1 is 0.881 bits per heavy atom. The molecule has 0 radical (unpaired) electrons. The third-order valence-corrected chi connectivity index (χ3v) is 11.1. The summed E-state index contributed by atoms with van der Waals surface area (Å²) in [5.74, 6) is -2.30. The van der Waals surface area contributed by atoms with Crippen LogP contribution < -0.4 is 20.2 Å². The Labute approximate surface area is 339 Å². The fraction of sp³-hybridized carbons (Fsp3) is 0.317. The number of anilines is 2. The lowest BCUT2D eigenvalue weighted by Gasteiger charge is -2.37. The molecule has 0 spiro atoms. The van der Waals surface area contributed by atoms with Crippen LogP contribution in [0.5, 0.6) is 5.75 Å². The number of ether oxygens (including phenoxy) is 3. The van der Waals surface area contributed by atoms with E-state index in [4.69, 9.17) is 18.8 Å². The molecule has 2 aliphatic rings. The van der Waals surface area contributed by atoms with Crippen LogP contribution in [0, 0.1) is 11.6 Å². The van der Waals surface area contributed by atoms with E-state index in [9.17, 15) is 22.0 Å². The fourth-order valence-electron chi connectivity index (χ4n) is 6.83. The zero-order valence-electron chi connectivity index (χ0n) is 32.4. The van der Waals surface area contributed by atoms with Crippen LogP contribution in [-0.4, -0.2) is 87.6 Å². The molecule has 0 saturated carbocycles. The Morgan fingerprint density at radius 3 is 2.10 bits per heavy atom. The number of aromatic nitrogens is 6. The Bertz CT molecular complexity index is 2460. The van der Waals surface area contributed by atoms with Crippen LogP contribution in [0.15, 0.2) is 126 Å². The number of hydrogen-bond donors (Lipinski definition) is 1. The number of halogens is 2. The van der Waals surface area contributed by atoms with Crippen LogP contribution >= 0.6 is 0 Å². The second-order valence-corrected chi connectivity index (χ2v) is 15.5. The van der Waals surface area contributed by atoms with Gasteiger partial charge in [0.15, 0.2) is 0 Å². The number of rotatable bonds is 12. The Kier molecular flexibility index (Phi) is 12.5. The molecule has 3 atom stereocenters. The lowest BCUT2D eigenvalue weighted by Crippen LogP contribution is -2.46. The van der Waals surface area contributed by atoms with Crippen LogP contribution in [-0.2, 0) is 31.9 Å². The molecule has 2 saturated heterocycles. The normalized spacial score (nSPS) is 18.6. The van der Waals surface area contributed by atoms with Gasteiger partial charge in [0.25, 0.3) is 10.1 Å². The van der Waals surface area contributed by atoms with Gasteiger partial charge in [0.1, 0.15) is 55.6 Å². The van der Waals surface area contributed by atoms with Crippen molar-refractivity contribution < 1.29 is 36.0 Å². The maximum absolute atomic E-state index is 14.9. The van der Waals surface area contributed by atoms with Gasteiger partial charge >= 0.3 is 5.69 Å². The SMILES string of the molecule is CC[C@H](C)n1ncn(-c2ccc(N3CCN(c4ccc(OC[C@H]5CO[C@](Cn6cncn6)(c6ccc(F)cc6F)O5)cc4)CC3)cc2)c1=O.O=S(=O)(O)c1ccccc1. The van der Waals surface area contributed by atoms with E-state index in [2.05, 4.69) is 37.1 Å². The molecule has 8 rings (SSSR count). The van der Waals surface area contributed by atoms with Crippen molar-refractivity contribution in [3.63, 3.8) is 0 Å². The highest BCUT2D eigenvalue weighted by molar-refractivity contribution is 7.85. The monoisotopic (exact) mass is 830 g/mol. The molecule has 0 bridgehead atoms. The average Bonchev–Trinajstić information content (AvgIpc) is 4.01. The van der Waals surface area contributed by atoms with Gasteiger partial charge in [-0.05, 0) is 86.1 Å². The van der Waals surface area contributed by atoms with Gasteiger partial charge in [-0.3, -0.25) is 4.55 Å². The van der Waals surface area contributed by atoms with Gasteiger partial charge in [-0.1, -0.05) is 25.1 Å². The van der Waals surface area contributed by atoms with E-state index in [1.165, 1.54) is 46.3 Å². The number of hydrogen-bond acceptors (Lipinski definition) is 11. The number of benzene rings is 4. The number of nitrogens with zero attached hydrogens (tertiary/aromatic N) is 8. The van der Waals surface area contributed by atoms with Gasteiger partial charge in [-0.2, -0.15) is 18.6 Å². The summed E-state index contributed by atoms with van der Waals surface area (Å²) < 4.78 is 80.7. The molecule has 59 heavy (non-hydrogen) atoms. The second-order valence-electron chi connectivity index (χ2n) is 14.1. The van der Waals surface area contributed by atoms with E-state index in [0.717, 1.165) is 55.7 Å². The van der Waals surface area contributed by atoms with Gasteiger partial charge in [0.2, 0.25) is 5.79 Å². The average molecular weight is 831 g/mol. The summed E-state index contributed by atoms with van der Waals surface area (Å²) in [6.07, 6.45) is 4.77. The van der Waals surface area contributed by atoms with E-state index < -0.39 is 33.6 Å². The van der Waals surface area contributed by atoms with Crippen LogP contribution in [0.1, 0.15) is 31.9 Å². The molecule has 6 aromatic rings. The summed E-state index contributed by atoms with van der Waals surface area (Å²) in [6.45, 7) is 7.80. The molecule has 0 amide bonds. The first-order valence-electron chi connectivity index (χ1n) is 19.0. The molecule has 2 aromatic heterocycles. The largest absolute Gasteiger partial charge is 0.491 e. The predicted octanol–water partition coefficient (Wildman–Crippen LogP) is 5.48. The molecule has 2 fully saturated rings. The number of piperazine rings is 1. The molecule has 15 nitrogen and oxygen atoms in total. The van der Waals surface area contributed by atoms with Gasteiger partial charge in [-0.15, -0.1) is 0 Å². The molecule has 4 heterocycles. The summed E-state index contributed by atoms with van der Waals surface area (Å²) in [6, 6.07) is 26.7. The molecule has 0 unspecified atom stereocenters. The van der Waals surface area contributed by atoms with E-state index >= 15 is 0 Å². The Hall–Kier alpha value is -5.95. The zero-order valence-corrected chi connectivity index (χ0v) is 33.2. The lowest BCUT2D eigenvalue weighted by atomic mass is 10.0. The van der Waals surface area contributed by atoms with Crippen molar-refractivity contribution in [1.82, 2.24) is 29.1 Å². The molecular weight excluding hydrogens is 787 g/mol. The molecule has 1 N–H and O–H groups in total. The molecule has 2 aliphatic heterocycles. The molecular formula is C41H44F2N8O7S. The van der Waals surface area contributed by atoms with Gasteiger partial charge in [0.05, 0.1) is 23.2 Å². The highest BCUT2D eigenvalue weighted by atomic mass is 32.2. The Balaban J connectivity index is 0.000000463. The van der Waals surface area contributed by atoms with Crippen LogP contribution in [0.25, 0.3) is 5.69 Å². The van der Waals surface area contributed by atoms with Gasteiger partial charge in [-0.25, -0.2) is 32.5 Å². The topological polar surface area (TPSA) is 159 Å². The van der Waals surface area contributed by atoms with Crippen molar-refractivity contribution >= 4 is 21.5 Å². The molecule has 0 aliphatic carbocycles. The first-order chi connectivity index (χ1) is 28.4. The zero-order chi connectivity index (χ0) is 41.6. The Morgan fingerprint density at radius 2 is 1.53 bits per heavy atom. The molecule has 18 heteroatoms. The highest BCUT2D eigenvalue weighted by Gasteiger charge is 2.46. The van der Waals surface area contributed by atoms with Gasteiger partial charge in [0, 0.05) is 49.2 Å². The minimum Gasteiger partial charge on any atom is -0.491 e. The second kappa shape index (κ2) is 17.9. The van der Waals surface area contributed by atoms with Crippen LogP contribution in [0.4, 0.5) is 20.2 Å². The fourth-order valence-corrected chi connectivity index (χ4v) is 7.33. The quantitative estimate of drug-likeness (QED) is 0.155. The summed E-state index contributed by atoms with van der Waals surface area (Å²) in [4.78, 5) is 21.3. The highest BCUT2D eigenvalue weighted by Crippen LogP contribution is 2.38. The summed E-state index contributed by atoms with van der Waals surface area (Å²) in [7, 11) is -4.00. The summed E-state index contributed by atoms with van der Waals surface area (Å²) in [5.41, 5.74) is 2.95. The maximum atomic E-state index is 14.9. The van der Waals surface area contributed by atoms with Crippen LogP contribution in [0.2, 0.25) is 0 Å². The van der Waals surface area contributed by atoms with Crippen LogP contribution in [0.3, 0.4) is 0 Å². The van der Waals surface area contributed by atoms with E-state index in [1.54, 1.807) is 29.1 Å².